The quantitative estimate of drug-likeness (QED) is 0.800. The Bertz CT molecular complexity index is 408. The number of hydrogen-bond donors (Lipinski definition) is 0. The third-order valence-corrected chi connectivity index (χ3v) is 3.07. The summed E-state index contributed by atoms with van der Waals surface area (Å²) in [6.07, 6.45) is 0. The lowest BCUT2D eigenvalue weighted by atomic mass is 9.95. The molecule has 1 aliphatic heterocycles. The van der Waals surface area contributed by atoms with Crippen molar-refractivity contribution in [2.24, 2.45) is 5.41 Å². The van der Waals surface area contributed by atoms with Gasteiger partial charge < -0.3 is 4.90 Å². The molecule has 1 aromatic carbocycles. The van der Waals surface area contributed by atoms with Gasteiger partial charge in [-0.15, -0.1) is 0 Å². The van der Waals surface area contributed by atoms with Gasteiger partial charge in [-0.2, -0.15) is 0 Å². The van der Waals surface area contributed by atoms with Crippen molar-refractivity contribution in [2.45, 2.75) is 20.8 Å². The molecular weight excluding hydrogens is 224 g/mol. The Morgan fingerprint density at radius 2 is 1.78 bits per heavy atom. The minimum atomic E-state index is 0.205. The van der Waals surface area contributed by atoms with Crippen molar-refractivity contribution in [2.75, 3.05) is 31.1 Å². The molecule has 18 heavy (non-hydrogen) atoms. The normalized spacial score (nSPS) is 18.2. The molecule has 3 nitrogen and oxygen atoms in total. The number of hydrogen-bond acceptors (Lipinski definition) is 2. The summed E-state index contributed by atoms with van der Waals surface area (Å²) in [4.78, 5) is 16.3. The second-order valence-electron chi connectivity index (χ2n) is 6.15. The highest BCUT2D eigenvalue weighted by atomic mass is 16.2. The summed E-state index contributed by atoms with van der Waals surface area (Å²) < 4.78 is 0. The Labute approximate surface area is 109 Å². The summed E-state index contributed by atoms with van der Waals surface area (Å²) >= 11 is 0. The number of benzene rings is 1. The van der Waals surface area contributed by atoms with E-state index in [4.69, 9.17) is 0 Å². The van der Waals surface area contributed by atoms with Crippen molar-refractivity contribution in [3.63, 3.8) is 0 Å². The number of para-hydroxylation sites is 1. The van der Waals surface area contributed by atoms with Gasteiger partial charge in [0.15, 0.2) is 0 Å². The number of anilines is 1. The fraction of sp³-hybridized carbons (Fsp3) is 0.533. The molecule has 1 fully saturated rings. The number of piperazine rings is 1. The van der Waals surface area contributed by atoms with Crippen molar-refractivity contribution in [3.05, 3.63) is 30.3 Å². The van der Waals surface area contributed by atoms with Crippen LogP contribution in [0.3, 0.4) is 0 Å². The van der Waals surface area contributed by atoms with E-state index in [1.54, 1.807) is 0 Å². The summed E-state index contributed by atoms with van der Waals surface area (Å²) in [7, 11) is 0. The first-order valence-electron chi connectivity index (χ1n) is 6.53. The molecule has 98 valence electrons. The Balaban J connectivity index is 1.99. The van der Waals surface area contributed by atoms with E-state index in [1.807, 2.05) is 35.2 Å². The fourth-order valence-corrected chi connectivity index (χ4v) is 2.41. The smallest absolute Gasteiger partial charge is 0.241 e. The van der Waals surface area contributed by atoms with Crippen LogP contribution in [0.4, 0.5) is 5.69 Å². The van der Waals surface area contributed by atoms with Crippen LogP contribution in [0.2, 0.25) is 0 Å². The van der Waals surface area contributed by atoms with Crippen LogP contribution >= 0.6 is 0 Å². The molecule has 1 aliphatic rings. The van der Waals surface area contributed by atoms with Crippen molar-refractivity contribution in [1.82, 2.24) is 4.90 Å². The van der Waals surface area contributed by atoms with Crippen LogP contribution in [0.15, 0.2) is 30.3 Å². The van der Waals surface area contributed by atoms with Crippen molar-refractivity contribution >= 4 is 11.6 Å². The maximum atomic E-state index is 12.2. The minimum Gasteiger partial charge on any atom is -0.310 e. The van der Waals surface area contributed by atoms with Gasteiger partial charge in [-0.1, -0.05) is 39.0 Å². The van der Waals surface area contributed by atoms with E-state index in [0.29, 0.717) is 6.54 Å². The summed E-state index contributed by atoms with van der Waals surface area (Å²) in [5.41, 5.74) is 1.26. The molecule has 1 aromatic rings. The molecule has 0 saturated carbocycles. The average molecular weight is 246 g/mol. The molecule has 1 heterocycles. The van der Waals surface area contributed by atoms with Gasteiger partial charge >= 0.3 is 0 Å². The van der Waals surface area contributed by atoms with Crippen molar-refractivity contribution < 1.29 is 4.79 Å². The van der Waals surface area contributed by atoms with E-state index < -0.39 is 0 Å². The first kappa shape index (κ1) is 13.1. The first-order valence-corrected chi connectivity index (χ1v) is 6.53. The topological polar surface area (TPSA) is 23.6 Å². The maximum absolute atomic E-state index is 12.2. The van der Waals surface area contributed by atoms with Crippen LogP contribution in [0.1, 0.15) is 20.8 Å². The largest absolute Gasteiger partial charge is 0.310 e. The molecule has 2 rings (SSSR count). The molecule has 1 saturated heterocycles. The predicted molar refractivity (Wildman–Crippen MR) is 74.7 cm³/mol. The molecule has 3 heteroatoms. The average Bonchev–Trinajstić information content (AvgIpc) is 2.28. The standard InChI is InChI=1S/C15H22N2O/c1-15(2,3)12-16-9-10-17(14(18)11-16)13-7-5-4-6-8-13/h4-8H,9-12H2,1-3H3. The zero-order chi connectivity index (χ0) is 13.2. The van der Waals surface area contributed by atoms with E-state index in [2.05, 4.69) is 25.7 Å². The van der Waals surface area contributed by atoms with Crippen LogP contribution in [0, 0.1) is 5.41 Å². The number of carbonyl (C=O) groups is 1. The molecule has 1 amide bonds. The molecule has 0 bridgehead atoms. The van der Waals surface area contributed by atoms with Gasteiger partial charge in [0.2, 0.25) is 5.91 Å². The van der Waals surface area contributed by atoms with E-state index in [9.17, 15) is 4.79 Å². The second-order valence-corrected chi connectivity index (χ2v) is 6.15. The fourth-order valence-electron chi connectivity index (χ4n) is 2.41. The third-order valence-electron chi connectivity index (χ3n) is 3.07. The van der Waals surface area contributed by atoms with E-state index in [-0.39, 0.29) is 11.3 Å². The Morgan fingerprint density at radius 1 is 1.11 bits per heavy atom. The highest BCUT2D eigenvalue weighted by molar-refractivity contribution is 5.95. The number of rotatable bonds is 2. The highest BCUT2D eigenvalue weighted by Crippen LogP contribution is 2.20. The first-order chi connectivity index (χ1) is 8.46. The van der Waals surface area contributed by atoms with Crippen LogP contribution in [-0.2, 0) is 4.79 Å². The molecule has 0 aliphatic carbocycles. The molecule has 0 unspecified atom stereocenters. The lowest BCUT2D eigenvalue weighted by Gasteiger charge is -2.37. The number of amides is 1. The molecule has 0 atom stereocenters. The van der Waals surface area contributed by atoms with Gasteiger partial charge in [0.05, 0.1) is 6.54 Å². The maximum Gasteiger partial charge on any atom is 0.241 e. The predicted octanol–water partition coefficient (Wildman–Crippen LogP) is 2.38. The van der Waals surface area contributed by atoms with Gasteiger partial charge in [0.25, 0.3) is 0 Å². The summed E-state index contributed by atoms with van der Waals surface area (Å²) in [5, 5.41) is 0. The van der Waals surface area contributed by atoms with Gasteiger partial charge in [-0.3, -0.25) is 9.69 Å². The van der Waals surface area contributed by atoms with Gasteiger partial charge in [-0.05, 0) is 17.5 Å². The zero-order valence-corrected chi connectivity index (χ0v) is 11.5. The minimum absolute atomic E-state index is 0.205. The van der Waals surface area contributed by atoms with Gasteiger partial charge in [-0.25, -0.2) is 0 Å². The van der Waals surface area contributed by atoms with Crippen LogP contribution < -0.4 is 4.90 Å². The summed E-state index contributed by atoms with van der Waals surface area (Å²) in [6.45, 7) is 9.88. The number of nitrogens with zero attached hydrogens (tertiary/aromatic N) is 2. The molecule has 0 aromatic heterocycles. The van der Waals surface area contributed by atoms with E-state index in [1.165, 1.54) is 0 Å². The molecule has 0 N–H and O–H groups in total. The van der Waals surface area contributed by atoms with Gasteiger partial charge in [0.1, 0.15) is 0 Å². The summed E-state index contributed by atoms with van der Waals surface area (Å²) in [6, 6.07) is 9.92. The van der Waals surface area contributed by atoms with Gasteiger partial charge in [0, 0.05) is 25.3 Å². The second kappa shape index (κ2) is 5.11. The monoisotopic (exact) mass is 246 g/mol. The van der Waals surface area contributed by atoms with Crippen LogP contribution in [0.5, 0.6) is 0 Å². The van der Waals surface area contributed by atoms with E-state index >= 15 is 0 Å². The van der Waals surface area contributed by atoms with Crippen molar-refractivity contribution in [1.29, 1.82) is 0 Å². The lowest BCUT2D eigenvalue weighted by molar-refractivity contribution is -0.121. The summed E-state index contributed by atoms with van der Waals surface area (Å²) in [5.74, 6) is 0.205. The molecule has 0 spiro atoms. The molecule has 0 radical (unpaired) electrons. The van der Waals surface area contributed by atoms with Crippen LogP contribution in [-0.4, -0.2) is 37.0 Å². The number of carbonyl (C=O) groups excluding carboxylic acids is 1. The van der Waals surface area contributed by atoms with Crippen LogP contribution in [0.25, 0.3) is 0 Å². The SMILES string of the molecule is CC(C)(C)CN1CCN(c2ccccc2)C(=O)C1. The zero-order valence-electron chi connectivity index (χ0n) is 11.5. The molecular formula is C15H22N2O. The Kier molecular flexibility index (Phi) is 3.71. The van der Waals surface area contributed by atoms with Crippen molar-refractivity contribution in [3.8, 4) is 0 Å². The Morgan fingerprint density at radius 3 is 2.33 bits per heavy atom. The van der Waals surface area contributed by atoms with E-state index in [0.717, 1.165) is 25.3 Å². The highest BCUT2D eigenvalue weighted by Gasteiger charge is 2.27. The third kappa shape index (κ3) is 3.33. The Hall–Kier alpha value is -1.35. The lowest BCUT2D eigenvalue weighted by Crippen LogP contribution is -2.52.